The van der Waals surface area contributed by atoms with Gasteiger partial charge in [-0.1, -0.05) is 0 Å². The average molecular weight is 348 g/mol. The fourth-order valence-electron chi connectivity index (χ4n) is 0.289. The zero-order chi connectivity index (χ0) is 5.70. The van der Waals surface area contributed by atoms with Gasteiger partial charge in [0.1, 0.15) is 0 Å². The van der Waals surface area contributed by atoms with Crippen LogP contribution in [0.3, 0.4) is 0 Å². The van der Waals surface area contributed by atoms with Gasteiger partial charge in [0, 0.05) is 0 Å². The summed E-state index contributed by atoms with van der Waals surface area (Å²) in [5, 5.41) is 0. The summed E-state index contributed by atoms with van der Waals surface area (Å²) in [7, 11) is 0. The van der Waals surface area contributed by atoms with Gasteiger partial charge in [0.2, 0.25) is 0 Å². The molecule has 0 nitrogen and oxygen atoms in total. The molecule has 0 bridgehead atoms. The molecular formula is C5H8Ce2. The predicted molar refractivity (Wildman–Crippen MR) is 23.0 cm³/mol. The van der Waals surface area contributed by atoms with Crippen LogP contribution in [0.5, 0.6) is 0 Å². The Morgan fingerprint density at radius 2 is 2.14 bits per heavy atom. The first-order valence-corrected chi connectivity index (χ1v) is 5.54. The quantitative estimate of drug-likeness (QED) is 0.713. The van der Waals surface area contributed by atoms with Crippen molar-refractivity contribution in [2.45, 2.75) is 19.8 Å². The molecule has 0 rings (SSSR count). The van der Waals surface area contributed by atoms with E-state index in [0.717, 1.165) is 0 Å². The molecular weight excluding hydrogens is 340 g/mol. The van der Waals surface area contributed by atoms with Gasteiger partial charge >= 0.3 is 102 Å². The van der Waals surface area contributed by atoms with Crippen LogP contribution in [0.15, 0.2) is 2.68 Å². The average Bonchev–Trinajstić information content (AvgIpc) is 1.61. The van der Waals surface area contributed by atoms with E-state index >= 15 is 0 Å². The summed E-state index contributed by atoms with van der Waals surface area (Å²) in [6, 6.07) is 0. The second-order valence-corrected chi connectivity index (χ2v) is 9.72. The minimum absolute atomic E-state index is 1.31. The Bertz CT molecular complexity index is 62.5. The molecule has 0 aliphatic heterocycles. The van der Waals surface area contributed by atoms with E-state index in [4.69, 9.17) is 0 Å². The van der Waals surface area contributed by atoms with Crippen molar-refractivity contribution >= 4 is 0 Å². The van der Waals surface area contributed by atoms with E-state index in [1.54, 1.807) is -3.39 Å². The summed E-state index contributed by atoms with van der Waals surface area (Å²) in [4.78, 5) is 0. The van der Waals surface area contributed by atoms with E-state index in [-0.39, 0.29) is 0 Å². The van der Waals surface area contributed by atoms with E-state index in [9.17, 15) is 0 Å². The zero-order valence-corrected chi connectivity index (χ0v) is 10.8. The molecule has 0 aliphatic carbocycles. The fraction of sp³-hybridized carbons (Fsp3) is 0.600. The van der Waals surface area contributed by atoms with Crippen molar-refractivity contribution in [1.29, 1.82) is 0 Å². The Hall–Kier alpha value is 2.49. The van der Waals surface area contributed by atoms with Crippen molar-refractivity contribution in [1.82, 2.24) is 0 Å². The number of hydrogen-bond acceptors (Lipinski definition) is 0. The van der Waals surface area contributed by atoms with E-state index in [0.29, 0.717) is 0 Å². The molecule has 0 saturated carbocycles. The Morgan fingerprint density at radius 1 is 1.57 bits per heavy atom. The molecule has 0 fully saturated rings. The number of hydrogen-bond donors (Lipinski definition) is 0. The third-order valence-electron chi connectivity index (χ3n) is 0.637. The SMILES string of the molecule is CCCC=[C]([Ce])[Ce]. The molecule has 7 heavy (non-hydrogen) atoms. The van der Waals surface area contributed by atoms with Gasteiger partial charge in [-0.15, -0.1) is 0 Å². The first-order chi connectivity index (χ1) is 3.27. The number of unbranched alkanes of at least 4 members (excludes halogenated alkanes) is 1. The molecule has 0 aromatic carbocycles. The summed E-state index contributed by atoms with van der Waals surface area (Å²) in [6.07, 6.45) is 5.01. The number of rotatable bonds is 2. The molecule has 0 amide bonds. The van der Waals surface area contributed by atoms with Crippen LogP contribution in [-0.4, -0.2) is 0 Å². The van der Waals surface area contributed by atoms with Gasteiger partial charge in [-0.25, -0.2) is 0 Å². The van der Waals surface area contributed by atoms with Crippen molar-refractivity contribution in [3.8, 4) is 0 Å². The Labute approximate surface area is 99.1 Å². The van der Waals surface area contributed by atoms with Gasteiger partial charge in [0.15, 0.2) is 0 Å². The summed E-state index contributed by atoms with van der Waals surface area (Å²) in [5.41, 5.74) is 0. The van der Waals surface area contributed by atoms with Crippen LogP contribution in [0.1, 0.15) is 19.8 Å². The summed E-state index contributed by atoms with van der Waals surface area (Å²) in [5.74, 6) is 0. The summed E-state index contributed by atoms with van der Waals surface area (Å²) >= 11 is 2.61. The van der Waals surface area contributed by atoms with Crippen molar-refractivity contribution in [2.24, 2.45) is 0 Å². The molecule has 0 aromatic heterocycles. The van der Waals surface area contributed by atoms with Crippen molar-refractivity contribution in [3.05, 3.63) is 2.68 Å². The van der Waals surface area contributed by atoms with Gasteiger partial charge in [0.05, 0.1) is 0 Å². The van der Waals surface area contributed by atoms with Crippen molar-refractivity contribution in [2.75, 3.05) is 0 Å². The molecule has 2 heteroatoms. The molecule has 0 spiro atoms. The molecule has 0 atom stereocenters. The number of allylic oxidation sites excluding steroid dienone is 1. The third-order valence-corrected chi connectivity index (χ3v) is 1.92. The van der Waals surface area contributed by atoms with E-state index < -0.39 is 0 Å². The maximum atomic E-state index is 2.39. The van der Waals surface area contributed by atoms with E-state index in [2.05, 4.69) is 13.0 Å². The maximum absolute atomic E-state index is 2.39. The predicted octanol–water partition coefficient (Wildman–Crippen LogP) is 1.73. The molecule has 0 aliphatic rings. The van der Waals surface area contributed by atoms with Crippen LogP contribution < -0.4 is 0 Å². The molecule has 0 aromatic rings. The zero-order valence-electron chi connectivity index (χ0n) is 4.49. The van der Waals surface area contributed by atoms with Crippen LogP contribution in [0, 0.1) is 79.3 Å². The summed E-state index contributed by atoms with van der Waals surface area (Å²) < 4.78 is 1.71. The first kappa shape index (κ1) is 9.49. The minimum atomic E-state index is 1.31. The molecule has 0 unspecified atom stereocenters. The second-order valence-electron chi connectivity index (χ2n) is 1.41. The molecule has 0 saturated heterocycles. The van der Waals surface area contributed by atoms with Gasteiger partial charge in [-0.05, 0) is 0 Å². The van der Waals surface area contributed by atoms with Crippen molar-refractivity contribution < 1.29 is 79.3 Å². The topological polar surface area (TPSA) is 0 Å². The fourth-order valence-corrected chi connectivity index (χ4v) is 1.20. The monoisotopic (exact) mass is 348 g/mol. The summed E-state index contributed by atoms with van der Waals surface area (Å²) in [6.45, 7) is 2.22. The molecule has 0 heterocycles. The van der Waals surface area contributed by atoms with Crippen LogP contribution in [-0.2, 0) is 0 Å². The van der Waals surface area contributed by atoms with Crippen LogP contribution >= 0.6 is 0 Å². The standard InChI is InChI=1S/C5H8.2Ce/c1-3-5-4-2;;/h4H,3,5H2,1H3;;. The van der Waals surface area contributed by atoms with Crippen LogP contribution in [0.25, 0.3) is 0 Å². The van der Waals surface area contributed by atoms with Gasteiger partial charge in [-0.2, -0.15) is 0 Å². The van der Waals surface area contributed by atoms with Crippen LogP contribution in [0.2, 0.25) is 0 Å². The van der Waals surface area contributed by atoms with Crippen LogP contribution in [0.4, 0.5) is 0 Å². The Morgan fingerprint density at radius 3 is 2.29 bits per heavy atom. The Kier molecular flexibility index (Phi) is 8.97. The van der Waals surface area contributed by atoms with E-state index in [1.807, 2.05) is 0 Å². The Balaban J connectivity index is 3.08. The normalized spacial score (nSPS) is 7.86. The molecule has 0 N–H and O–H groups in total. The van der Waals surface area contributed by atoms with Gasteiger partial charge in [0.25, 0.3) is 0 Å². The second kappa shape index (κ2) is 6.61. The van der Waals surface area contributed by atoms with Gasteiger partial charge in [-0.3, -0.25) is 0 Å². The van der Waals surface area contributed by atoms with E-state index in [1.165, 1.54) is 92.1 Å². The third kappa shape index (κ3) is 8.49. The molecule has 36 valence electrons. The van der Waals surface area contributed by atoms with Gasteiger partial charge < -0.3 is 0 Å². The molecule has 0 radical (unpaired) electrons. The first-order valence-electron chi connectivity index (χ1n) is 2.40. The van der Waals surface area contributed by atoms with Crippen molar-refractivity contribution in [3.63, 3.8) is 0 Å².